The molecule has 0 saturated carbocycles. The Morgan fingerprint density at radius 1 is 1.53 bits per heavy atom. The average Bonchev–Trinajstić information content (AvgIpc) is 2.85. The largest absolute Gasteiger partial charge is 0.341 e. The van der Waals surface area contributed by atoms with Gasteiger partial charge in [-0.25, -0.2) is 0 Å². The van der Waals surface area contributed by atoms with Crippen LogP contribution in [-0.4, -0.2) is 23.9 Å². The van der Waals surface area contributed by atoms with E-state index in [-0.39, 0.29) is 5.91 Å². The monoisotopic (exact) mass is 307 g/mol. The van der Waals surface area contributed by atoms with Crippen LogP contribution in [0.15, 0.2) is 15.9 Å². The molecule has 1 amide bonds. The molecule has 1 aromatic heterocycles. The number of carbonyl (C=O) groups excluding carboxylic acids is 1. The Labute approximate surface area is 106 Å². The van der Waals surface area contributed by atoms with Gasteiger partial charge in [-0.15, -0.1) is 22.9 Å². The number of halogens is 2. The fraction of sp³-hybridized carbons (Fsp3) is 0.500. The van der Waals surface area contributed by atoms with Crippen molar-refractivity contribution in [3.63, 3.8) is 0 Å². The molecule has 2 nitrogen and oxygen atoms in total. The third-order valence-electron chi connectivity index (χ3n) is 2.47. The van der Waals surface area contributed by atoms with Crippen LogP contribution in [0, 0.1) is 0 Å². The SMILES string of the molecule is O=C(C(Cl)c1cc(Br)cs1)N1CCCC1. The Bertz CT molecular complexity index is 362. The maximum absolute atomic E-state index is 11.9. The van der Waals surface area contributed by atoms with E-state index in [1.54, 1.807) is 0 Å². The third-order valence-corrected chi connectivity index (χ3v) is 4.78. The van der Waals surface area contributed by atoms with Gasteiger partial charge >= 0.3 is 0 Å². The first-order valence-electron chi connectivity index (χ1n) is 4.85. The maximum Gasteiger partial charge on any atom is 0.246 e. The summed E-state index contributed by atoms with van der Waals surface area (Å²) in [5, 5.41) is 1.43. The molecule has 0 radical (unpaired) electrons. The highest BCUT2D eigenvalue weighted by Crippen LogP contribution is 2.31. The highest BCUT2D eigenvalue weighted by Gasteiger charge is 2.26. The number of hydrogen-bond donors (Lipinski definition) is 0. The molecule has 1 unspecified atom stereocenters. The summed E-state index contributed by atoms with van der Waals surface area (Å²) < 4.78 is 0.988. The number of alkyl halides is 1. The number of amides is 1. The fourth-order valence-corrected chi connectivity index (χ4v) is 3.45. The van der Waals surface area contributed by atoms with Gasteiger partial charge in [0.2, 0.25) is 5.91 Å². The van der Waals surface area contributed by atoms with Crippen LogP contribution in [0.2, 0.25) is 0 Å². The van der Waals surface area contributed by atoms with Crippen molar-refractivity contribution in [3.05, 3.63) is 20.8 Å². The number of likely N-dealkylation sites (tertiary alicyclic amines) is 1. The predicted octanol–water partition coefficient (Wildman–Crippen LogP) is 3.41. The van der Waals surface area contributed by atoms with E-state index < -0.39 is 5.38 Å². The standard InChI is InChI=1S/C10H11BrClNOS/c11-7-5-8(15-6-7)9(12)10(14)13-3-1-2-4-13/h5-6,9H,1-4H2. The second-order valence-electron chi connectivity index (χ2n) is 3.56. The Morgan fingerprint density at radius 3 is 2.73 bits per heavy atom. The molecular formula is C10H11BrClNOS. The summed E-state index contributed by atoms with van der Waals surface area (Å²) in [5.41, 5.74) is 0. The predicted molar refractivity (Wildman–Crippen MR) is 66.4 cm³/mol. The summed E-state index contributed by atoms with van der Waals surface area (Å²) in [6.07, 6.45) is 2.20. The number of nitrogens with zero attached hydrogens (tertiary/aromatic N) is 1. The molecular weight excluding hydrogens is 298 g/mol. The molecule has 0 N–H and O–H groups in total. The second kappa shape index (κ2) is 4.85. The summed E-state index contributed by atoms with van der Waals surface area (Å²) in [6.45, 7) is 1.71. The lowest BCUT2D eigenvalue weighted by atomic mass is 10.3. The van der Waals surface area contributed by atoms with Gasteiger partial charge < -0.3 is 4.90 Å². The molecule has 0 bridgehead atoms. The summed E-state index contributed by atoms with van der Waals surface area (Å²) in [5.74, 6) is 0.0449. The summed E-state index contributed by atoms with van der Waals surface area (Å²) in [6, 6.07) is 1.91. The Kier molecular flexibility index (Phi) is 3.69. The first kappa shape index (κ1) is 11.4. The summed E-state index contributed by atoms with van der Waals surface area (Å²) >= 11 is 11.0. The molecule has 0 spiro atoms. The highest BCUT2D eigenvalue weighted by molar-refractivity contribution is 9.10. The van der Waals surface area contributed by atoms with Crippen molar-refractivity contribution in [2.75, 3.05) is 13.1 Å². The average molecular weight is 309 g/mol. The lowest BCUT2D eigenvalue weighted by Crippen LogP contribution is -2.30. The lowest BCUT2D eigenvalue weighted by Gasteiger charge is -2.17. The minimum absolute atomic E-state index is 0.0449. The van der Waals surface area contributed by atoms with Gasteiger partial charge in [-0.3, -0.25) is 4.79 Å². The quantitative estimate of drug-likeness (QED) is 0.767. The topological polar surface area (TPSA) is 20.3 Å². The van der Waals surface area contributed by atoms with Gasteiger partial charge in [-0.05, 0) is 34.8 Å². The molecule has 15 heavy (non-hydrogen) atoms. The highest BCUT2D eigenvalue weighted by atomic mass is 79.9. The minimum Gasteiger partial charge on any atom is -0.341 e. The van der Waals surface area contributed by atoms with Gasteiger partial charge in [-0.1, -0.05) is 0 Å². The number of thiophene rings is 1. The van der Waals surface area contributed by atoms with Gasteiger partial charge in [0.25, 0.3) is 0 Å². The van der Waals surface area contributed by atoms with E-state index in [1.165, 1.54) is 11.3 Å². The first-order chi connectivity index (χ1) is 7.18. The van der Waals surface area contributed by atoms with Crippen molar-refractivity contribution >= 4 is 44.8 Å². The number of carbonyl (C=O) groups is 1. The van der Waals surface area contributed by atoms with Gasteiger partial charge in [0.05, 0.1) is 0 Å². The summed E-state index contributed by atoms with van der Waals surface area (Å²) in [7, 11) is 0. The molecule has 1 saturated heterocycles. The molecule has 5 heteroatoms. The lowest BCUT2D eigenvalue weighted by molar-refractivity contribution is -0.129. The van der Waals surface area contributed by atoms with Crippen LogP contribution < -0.4 is 0 Å². The van der Waals surface area contributed by atoms with Crippen molar-refractivity contribution in [2.24, 2.45) is 0 Å². The van der Waals surface area contributed by atoms with E-state index in [0.29, 0.717) is 0 Å². The van der Waals surface area contributed by atoms with Crippen LogP contribution in [0.4, 0.5) is 0 Å². The maximum atomic E-state index is 11.9. The molecule has 1 aromatic rings. The van der Waals surface area contributed by atoms with Crippen LogP contribution in [0.5, 0.6) is 0 Å². The zero-order chi connectivity index (χ0) is 10.8. The smallest absolute Gasteiger partial charge is 0.246 e. The zero-order valence-corrected chi connectivity index (χ0v) is 11.2. The third kappa shape index (κ3) is 2.55. The van der Waals surface area contributed by atoms with Crippen molar-refractivity contribution in [1.82, 2.24) is 4.90 Å². The molecule has 1 fully saturated rings. The molecule has 1 atom stereocenters. The van der Waals surface area contributed by atoms with E-state index in [9.17, 15) is 4.79 Å². The molecule has 2 rings (SSSR count). The summed E-state index contributed by atoms with van der Waals surface area (Å²) in [4.78, 5) is 14.7. The fourth-order valence-electron chi connectivity index (χ4n) is 1.68. The zero-order valence-electron chi connectivity index (χ0n) is 8.08. The van der Waals surface area contributed by atoms with Crippen molar-refractivity contribution < 1.29 is 4.79 Å². The van der Waals surface area contributed by atoms with E-state index in [0.717, 1.165) is 35.3 Å². The Balaban J connectivity index is 2.06. The van der Waals surface area contributed by atoms with Gasteiger partial charge in [0.15, 0.2) is 0 Å². The second-order valence-corrected chi connectivity index (χ2v) is 5.86. The van der Waals surface area contributed by atoms with Gasteiger partial charge in [0, 0.05) is 27.8 Å². The van der Waals surface area contributed by atoms with Crippen molar-refractivity contribution in [3.8, 4) is 0 Å². The Morgan fingerprint density at radius 2 is 2.20 bits per heavy atom. The molecule has 1 aliphatic heterocycles. The van der Waals surface area contributed by atoms with E-state index in [4.69, 9.17) is 11.6 Å². The minimum atomic E-state index is -0.514. The van der Waals surface area contributed by atoms with Crippen LogP contribution in [0.3, 0.4) is 0 Å². The van der Waals surface area contributed by atoms with Crippen LogP contribution >= 0.6 is 38.9 Å². The van der Waals surface area contributed by atoms with Crippen LogP contribution in [-0.2, 0) is 4.79 Å². The number of rotatable bonds is 2. The molecule has 0 aromatic carbocycles. The van der Waals surface area contributed by atoms with Gasteiger partial charge in [-0.2, -0.15) is 0 Å². The molecule has 2 heterocycles. The normalized spacial score (nSPS) is 18.1. The van der Waals surface area contributed by atoms with Crippen LogP contribution in [0.1, 0.15) is 23.1 Å². The Hall–Kier alpha value is -0.0600. The van der Waals surface area contributed by atoms with Gasteiger partial charge in [0.1, 0.15) is 5.38 Å². The molecule has 82 valence electrons. The van der Waals surface area contributed by atoms with Crippen molar-refractivity contribution in [2.45, 2.75) is 18.2 Å². The number of hydrogen-bond acceptors (Lipinski definition) is 2. The van der Waals surface area contributed by atoms with Crippen LogP contribution in [0.25, 0.3) is 0 Å². The van der Waals surface area contributed by atoms with E-state index in [2.05, 4.69) is 15.9 Å². The van der Waals surface area contributed by atoms with E-state index >= 15 is 0 Å². The molecule has 1 aliphatic rings. The van der Waals surface area contributed by atoms with Crippen molar-refractivity contribution in [1.29, 1.82) is 0 Å². The van der Waals surface area contributed by atoms with E-state index in [1.807, 2.05) is 16.3 Å². The first-order valence-corrected chi connectivity index (χ1v) is 6.96. The molecule has 0 aliphatic carbocycles.